The lowest BCUT2D eigenvalue weighted by atomic mass is 10.0. The molecule has 1 heterocycles. The summed E-state index contributed by atoms with van der Waals surface area (Å²) in [5.41, 5.74) is 3.72. The standard InChI is InChI=1S/C24H20BrN2O5S/c1-13-12-16(6-11-20(13)33(26,29)30)15-4-7-17(8-5-15)27-24(28)22-14(2)21-19(32-22)10-9-18(25)23(21)31-3/h4-12H,1H2,2-3H3,(H,27,28)(H2,26,29,30). The Morgan fingerprint density at radius 3 is 2.36 bits per heavy atom. The van der Waals surface area contributed by atoms with Crippen LogP contribution in [0.1, 0.15) is 21.7 Å². The van der Waals surface area contributed by atoms with Gasteiger partial charge in [-0.15, -0.1) is 0 Å². The van der Waals surface area contributed by atoms with Gasteiger partial charge >= 0.3 is 0 Å². The number of ether oxygens (including phenoxy) is 1. The highest BCUT2D eigenvalue weighted by molar-refractivity contribution is 9.10. The van der Waals surface area contributed by atoms with Gasteiger partial charge in [-0.3, -0.25) is 4.79 Å². The fourth-order valence-corrected chi connectivity index (χ4v) is 4.84. The van der Waals surface area contributed by atoms with E-state index in [1.165, 1.54) is 6.07 Å². The zero-order valence-electron chi connectivity index (χ0n) is 17.8. The molecular weight excluding hydrogens is 508 g/mol. The molecule has 0 aliphatic rings. The largest absolute Gasteiger partial charge is 0.495 e. The fraction of sp³-hybridized carbons (Fsp3) is 0.0833. The molecule has 169 valence electrons. The number of anilines is 1. The number of benzene rings is 3. The van der Waals surface area contributed by atoms with Gasteiger partial charge in [0.1, 0.15) is 11.3 Å². The predicted molar refractivity (Wildman–Crippen MR) is 131 cm³/mol. The maximum Gasteiger partial charge on any atom is 0.291 e. The van der Waals surface area contributed by atoms with Gasteiger partial charge in [0.2, 0.25) is 10.0 Å². The smallest absolute Gasteiger partial charge is 0.291 e. The minimum Gasteiger partial charge on any atom is -0.495 e. The molecule has 0 unspecified atom stereocenters. The van der Waals surface area contributed by atoms with Crippen molar-refractivity contribution < 1.29 is 22.4 Å². The lowest BCUT2D eigenvalue weighted by Crippen LogP contribution is -2.13. The average molecular weight is 528 g/mol. The molecular formula is C24H20BrN2O5S. The minimum absolute atomic E-state index is 0.0139. The van der Waals surface area contributed by atoms with E-state index in [2.05, 4.69) is 28.2 Å². The monoisotopic (exact) mass is 527 g/mol. The summed E-state index contributed by atoms with van der Waals surface area (Å²) in [5, 5.41) is 8.77. The second-order valence-electron chi connectivity index (χ2n) is 7.41. The van der Waals surface area contributed by atoms with Crippen molar-refractivity contribution >= 4 is 48.5 Å². The van der Waals surface area contributed by atoms with Crippen LogP contribution in [-0.4, -0.2) is 21.4 Å². The van der Waals surface area contributed by atoms with Crippen molar-refractivity contribution in [2.24, 2.45) is 5.14 Å². The van der Waals surface area contributed by atoms with Crippen molar-refractivity contribution in [3.05, 3.63) is 82.9 Å². The molecule has 0 saturated carbocycles. The summed E-state index contributed by atoms with van der Waals surface area (Å²) < 4.78 is 35.2. The number of nitrogens with two attached hydrogens (primary N) is 1. The van der Waals surface area contributed by atoms with Gasteiger partial charge in [-0.25, -0.2) is 13.6 Å². The van der Waals surface area contributed by atoms with Crippen LogP contribution in [0, 0.1) is 13.8 Å². The molecule has 1 amide bonds. The molecule has 0 saturated heterocycles. The van der Waals surface area contributed by atoms with Gasteiger partial charge in [-0.1, -0.05) is 18.2 Å². The Morgan fingerprint density at radius 1 is 1.09 bits per heavy atom. The number of rotatable bonds is 5. The van der Waals surface area contributed by atoms with Crippen LogP contribution < -0.4 is 15.2 Å². The molecule has 3 N–H and O–H groups in total. The van der Waals surface area contributed by atoms with Crippen molar-refractivity contribution in [3.63, 3.8) is 0 Å². The third-order valence-electron chi connectivity index (χ3n) is 5.25. The van der Waals surface area contributed by atoms with E-state index in [1.807, 2.05) is 12.1 Å². The van der Waals surface area contributed by atoms with Crippen LogP contribution >= 0.6 is 15.9 Å². The van der Waals surface area contributed by atoms with Crippen LogP contribution in [-0.2, 0) is 10.0 Å². The quantitative estimate of drug-likeness (QED) is 0.367. The fourth-order valence-electron chi connectivity index (χ4n) is 3.67. The number of halogens is 1. The van der Waals surface area contributed by atoms with Crippen LogP contribution in [0.25, 0.3) is 22.1 Å². The number of sulfonamides is 1. The number of furan rings is 1. The van der Waals surface area contributed by atoms with Gasteiger partial charge in [0.05, 0.1) is 21.9 Å². The third-order valence-corrected chi connectivity index (χ3v) is 6.89. The van der Waals surface area contributed by atoms with Crippen molar-refractivity contribution in [1.82, 2.24) is 0 Å². The van der Waals surface area contributed by atoms with Gasteiger partial charge in [-0.2, -0.15) is 0 Å². The van der Waals surface area contributed by atoms with Crippen LogP contribution in [0.15, 0.2) is 68.4 Å². The van der Waals surface area contributed by atoms with E-state index in [0.29, 0.717) is 28.1 Å². The zero-order valence-corrected chi connectivity index (χ0v) is 20.2. The summed E-state index contributed by atoms with van der Waals surface area (Å²) in [6, 6.07) is 15.4. The normalized spacial score (nSPS) is 11.5. The molecule has 9 heteroatoms. The van der Waals surface area contributed by atoms with Crippen LogP contribution in [0.2, 0.25) is 0 Å². The second-order valence-corrected chi connectivity index (χ2v) is 9.79. The number of carbonyl (C=O) groups excluding carboxylic acids is 1. The number of primary sulfonamides is 1. The van der Waals surface area contributed by atoms with E-state index < -0.39 is 10.0 Å². The van der Waals surface area contributed by atoms with Crippen molar-refractivity contribution in [2.45, 2.75) is 11.8 Å². The molecule has 4 aromatic rings. The summed E-state index contributed by atoms with van der Waals surface area (Å²) in [6.07, 6.45) is 0. The first-order chi connectivity index (χ1) is 15.6. The molecule has 0 atom stereocenters. The van der Waals surface area contributed by atoms with Crippen molar-refractivity contribution in [1.29, 1.82) is 0 Å². The lowest BCUT2D eigenvalue weighted by Gasteiger charge is -2.09. The maximum absolute atomic E-state index is 12.9. The summed E-state index contributed by atoms with van der Waals surface area (Å²) in [4.78, 5) is 12.9. The molecule has 0 aliphatic carbocycles. The highest BCUT2D eigenvalue weighted by atomic mass is 79.9. The van der Waals surface area contributed by atoms with E-state index in [-0.39, 0.29) is 16.6 Å². The van der Waals surface area contributed by atoms with E-state index in [4.69, 9.17) is 14.3 Å². The average Bonchev–Trinajstić information content (AvgIpc) is 3.10. The van der Waals surface area contributed by atoms with E-state index in [1.54, 1.807) is 50.4 Å². The Morgan fingerprint density at radius 2 is 1.76 bits per heavy atom. The summed E-state index contributed by atoms with van der Waals surface area (Å²) >= 11 is 3.45. The van der Waals surface area contributed by atoms with Crippen LogP contribution in [0.4, 0.5) is 5.69 Å². The minimum atomic E-state index is -3.83. The predicted octanol–water partition coefficient (Wildman–Crippen LogP) is 5.26. The van der Waals surface area contributed by atoms with E-state index in [0.717, 1.165) is 21.0 Å². The van der Waals surface area contributed by atoms with Crippen LogP contribution in [0.3, 0.4) is 0 Å². The highest BCUT2D eigenvalue weighted by Gasteiger charge is 2.22. The number of carbonyl (C=O) groups is 1. The number of hydrogen-bond acceptors (Lipinski definition) is 5. The summed E-state index contributed by atoms with van der Waals surface area (Å²) in [5.74, 6) is 0.424. The Kier molecular flexibility index (Phi) is 6.04. The molecule has 7 nitrogen and oxygen atoms in total. The molecule has 4 rings (SSSR count). The molecule has 1 radical (unpaired) electrons. The van der Waals surface area contributed by atoms with Crippen molar-refractivity contribution in [2.75, 3.05) is 12.4 Å². The van der Waals surface area contributed by atoms with Gasteiger partial charge in [-0.05, 0) is 82.9 Å². The molecule has 33 heavy (non-hydrogen) atoms. The van der Waals surface area contributed by atoms with E-state index >= 15 is 0 Å². The first kappa shape index (κ1) is 23.0. The molecule has 1 aromatic heterocycles. The second kappa shape index (κ2) is 8.66. The van der Waals surface area contributed by atoms with Crippen molar-refractivity contribution in [3.8, 4) is 16.9 Å². The maximum atomic E-state index is 12.9. The molecule has 0 bridgehead atoms. The number of methoxy groups -OCH3 is 1. The Bertz CT molecular complexity index is 1490. The summed E-state index contributed by atoms with van der Waals surface area (Å²) in [6.45, 7) is 5.57. The number of hydrogen-bond donors (Lipinski definition) is 2. The molecule has 3 aromatic carbocycles. The number of nitrogens with one attached hydrogen (secondary N) is 1. The Labute approximate surface area is 199 Å². The highest BCUT2D eigenvalue weighted by Crippen LogP contribution is 2.38. The number of amides is 1. The zero-order chi connectivity index (χ0) is 23.9. The Hall–Kier alpha value is -3.14. The number of fused-ring (bicyclic) bond motifs is 1. The van der Waals surface area contributed by atoms with E-state index in [9.17, 15) is 13.2 Å². The lowest BCUT2D eigenvalue weighted by molar-refractivity contribution is 0.0998. The SMILES string of the molecule is [CH2]c1cc(-c2ccc(NC(=O)c3oc4ccc(Br)c(OC)c4c3C)cc2)ccc1S(N)(=O)=O. The first-order valence-corrected chi connectivity index (χ1v) is 12.1. The first-order valence-electron chi connectivity index (χ1n) is 9.76. The van der Waals surface area contributed by atoms with Gasteiger partial charge in [0.25, 0.3) is 5.91 Å². The third kappa shape index (κ3) is 4.39. The van der Waals surface area contributed by atoms with Crippen LogP contribution in [0.5, 0.6) is 5.75 Å². The Balaban J connectivity index is 1.58. The molecule has 0 fully saturated rings. The molecule has 0 spiro atoms. The van der Waals surface area contributed by atoms with Gasteiger partial charge < -0.3 is 14.5 Å². The summed E-state index contributed by atoms with van der Waals surface area (Å²) in [7, 11) is -2.27. The van der Waals surface area contributed by atoms with Gasteiger partial charge in [0, 0.05) is 11.3 Å². The topological polar surface area (TPSA) is 112 Å². The molecule has 0 aliphatic heterocycles. The van der Waals surface area contributed by atoms with Gasteiger partial charge in [0.15, 0.2) is 5.76 Å². The number of aryl methyl sites for hydroxylation is 1.